The molecule has 1 saturated heterocycles. The average molecular weight is 262 g/mol. The highest BCUT2D eigenvalue weighted by atomic mass is 16.3. The minimum absolute atomic E-state index is 0.0412. The third-order valence-corrected chi connectivity index (χ3v) is 3.67. The molecule has 0 bridgehead atoms. The number of nitrogens with one attached hydrogen (secondary N) is 1. The molecule has 0 aliphatic carbocycles. The summed E-state index contributed by atoms with van der Waals surface area (Å²) in [6, 6.07) is 5.85. The van der Waals surface area contributed by atoms with Crippen molar-refractivity contribution in [3.05, 3.63) is 29.3 Å². The number of aryl methyl sites for hydroxylation is 2. The minimum Gasteiger partial charge on any atom is -0.394 e. The fourth-order valence-corrected chi connectivity index (χ4v) is 2.50. The van der Waals surface area contributed by atoms with Crippen molar-refractivity contribution in [2.24, 2.45) is 0 Å². The van der Waals surface area contributed by atoms with Gasteiger partial charge in [0.05, 0.1) is 6.61 Å². The molecule has 19 heavy (non-hydrogen) atoms. The zero-order chi connectivity index (χ0) is 14.0. The topological polar surface area (TPSA) is 52.6 Å². The highest BCUT2D eigenvalue weighted by Gasteiger charge is 2.30. The summed E-state index contributed by atoms with van der Waals surface area (Å²) in [6.45, 7) is 6.61. The molecule has 2 N–H and O–H groups in total. The van der Waals surface area contributed by atoms with E-state index in [4.69, 9.17) is 0 Å². The van der Waals surface area contributed by atoms with Crippen LogP contribution in [0.15, 0.2) is 18.2 Å². The van der Waals surface area contributed by atoms with Gasteiger partial charge in [0, 0.05) is 18.3 Å². The van der Waals surface area contributed by atoms with Crippen molar-refractivity contribution in [2.75, 3.05) is 18.1 Å². The zero-order valence-electron chi connectivity index (χ0n) is 11.8. The second-order valence-electron chi connectivity index (χ2n) is 5.37. The van der Waals surface area contributed by atoms with Crippen LogP contribution >= 0.6 is 0 Å². The Hall–Kier alpha value is -1.39. The summed E-state index contributed by atoms with van der Waals surface area (Å²) in [7, 11) is 0. The van der Waals surface area contributed by atoms with E-state index in [1.165, 1.54) is 0 Å². The number of nitrogens with zero attached hydrogens (tertiary/aromatic N) is 1. The zero-order valence-corrected chi connectivity index (χ0v) is 11.8. The van der Waals surface area contributed by atoms with Gasteiger partial charge in [-0.25, -0.2) is 0 Å². The van der Waals surface area contributed by atoms with Crippen molar-refractivity contribution >= 4 is 11.6 Å². The van der Waals surface area contributed by atoms with E-state index in [0.29, 0.717) is 6.54 Å². The third kappa shape index (κ3) is 2.96. The molecule has 4 heteroatoms. The van der Waals surface area contributed by atoms with Crippen LogP contribution in [0.5, 0.6) is 0 Å². The first-order chi connectivity index (χ1) is 9.02. The van der Waals surface area contributed by atoms with Gasteiger partial charge in [-0.1, -0.05) is 12.1 Å². The maximum Gasteiger partial charge on any atom is 0.246 e. The summed E-state index contributed by atoms with van der Waals surface area (Å²) in [6.07, 6.45) is 0.885. The molecule has 1 aliphatic rings. The van der Waals surface area contributed by atoms with Gasteiger partial charge >= 0.3 is 0 Å². The smallest absolute Gasteiger partial charge is 0.246 e. The van der Waals surface area contributed by atoms with E-state index in [0.717, 1.165) is 23.2 Å². The predicted molar refractivity (Wildman–Crippen MR) is 76.4 cm³/mol. The lowest BCUT2D eigenvalue weighted by Gasteiger charge is -2.25. The van der Waals surface area contributed by atoms with E-state index in [1.54, 1.807) is 4.90 Å². The Bertz CT molecular complexity index is 473. The molecule has 104 valence electrons. The maximum absolute atomic E-state index is 12.5. The van der Waals surface area contributed by atoms with Crippen molar-refractivity contribution in [3.63, 3.8) is 0 Å². The minimum atomic E-state index is -0.502. The number of benzene rings is 1. The summed E-state index contributed by atoms with van der Waals surface area (Å²) < 4.78 is 0. The van der Waals surface area contributed by atoms with Crippen molar-refractivity contribution in [3.8, 4) is 0 Å². The molecule has 1 fully saturated rings. The number of aliphatic hydroxyl groups is 1. The Morgan fingerprint density at radius 3 is 2.84 bits per heavy atom. The van der Waals surface area contributed by atoms with Crippen LogP contribution < -0.4 is 10.2 Å². The van der Waals surface area contributed by atoms with Crippen molar-refractivity contribution in [2.45, 2.75) is 39.3 Å². The van der Waals surface area contributed by atoms with E-state index in [2.05, 4.69) is 5.32 Å². The van der Waals surface area contributed by atoms with Crippen molar-refractivity contribution in [1.82, 2.24) is 5.32 Å². The molecular formula is C15H22N2O2. The summed E-state index contributed by atoms with van der Waals surface area (Å²) in [5.41, 5.74) is 3.18. The molecule has 1 aromatic rings. The van der Waals surface area contributed by atoms with Crippen molar-refractivity contribution in [1.29, 1.82) is 0 Å². The highest BCUT2D eigenvalue weighted by molar-refractivity contribution is 5.98. The second kappa shape index (κ2) is 5.72. The van der Waals surface area contributed by atoms with Crippen LogP contribution in [-0.4, -0.2) is 36.2 Å². The van der Waals surface area contributed by atoms with Crippen LogP contribution in [0.25, 0.3) is 0 Å². The molecule has 0 saturated carbocycles. The van der Waals surface area contributed by atoms with Crippen LogP contribution in [-0.2, 0) is 4.79 Å². The van der Waals surface area contributed by atoms with E-state index in [9.17, 15) is 9.90 Å². The van der Waals surface area contributed by atoms with Crippen LogP contribution in [0.2, 0.25) is 0 Å². The molecule has 2 rings (SSSR count). The largest absolute Gasteiger partial charge is 0.394 e. The molecule has 0 radical (unpaired) electrons. The molecule has 0 aromatic heterocycles. The summed E-state index contributed by atoms with van der Waals surface area (Å²) in [5.74, 6) is -0.0412. The molecule has 2 unspecified atom stereocenters. The van der Waals surface area contributed by atoms with Gasteiger partial charge in [-0.15, -0.1) is 0 Å². The van der Waals surface area contributed by atoms with Crippen molar-refractivity contribution < 1.29 is 9.90 Å². The van der Waals surface area contributed by atoms with Crippen LogP contribution in [0, 0.1) is 13.8 Å². The SMILES string of the molecule is Cc1ccc(C)c(N2CCC(C)NC(CO)C2=O)c1. The number of anilines is 1. The van der Waals surface area contributed by atoms with Gasteiger partial charge < -0.3 is 15.3 Å². The third-order valence-electron chi connectivity index (χ3n) is 3.67. The lowest BCUT2D eigenvalue weighted by atomic mass is 10.1. The molecule has 1 aliphatic heterocycles. The van der Waals surface area contributed by atoms with Gasteiger partial charge in [-0.3, -0.25) is 4.79 Å². The number of rotatable bonds is 2. The molecule has 1 aromatic carbocycles. The molecular weight excluding hydrogens is 240 g/mol. The lowest BCUT2D eigenvalue weighted by molar-refractivity contribution is -0.121. The molecule has 2 atom stereocenters. The lowest BCUT2D eigenvalue weighted by Crippen LogP contribution is -2.47. The Labute approximate surface area is 114 Å². The van der Waals surface area contributed by atoms with Crippen LogP contribution in [0.3, 0.4) is 0 Å². The van der Waals surface area contributed by atoms with Crippen LogP contribution in [0.1, 0.15) is 24.5 Å². The normalized spacial score (nSPS) is 24.4. The van der Waals surface area contributed by atoms with Gasteiger partial charge in [0.1, 0.15) is 6.04 Å². The van der Waals surface area contributed by atoms with E-state index in [1.807, 2.05) is 39.0 Å². The summed E-state index contributed by atoms with van der Waals surface area (Å²) in [4.78, 5) is 14.3. The predicted octanol–water partition coefficient (Wildman–Crippen LogP) is 1.38. The van der Waals surface area contributed by atoms with Gasteiger partial charge in [0.15, 0.2) is 0 Å². The average Bonchev–Trinajstić information content (AvgIpc) is 2.52. The highest BCUT2D eigenvalue weighted by Crippen LogP contribution is 2.24. The maximum atomic E-state index is 12.5. The van der Waals surface area contributed by atoms with E-state index in [-0.39, 0.29) is 18.6 Å². The first kappa shape index (κ1) is 14.0. The number of amides is 1. The number of carbonyl (C=O) groups excluding carboxylic acids is 1. The summed E-state index contributed by atoms with van der Waals surface area (Å²) >= 11 is 0. The number of aliphatic hydroxyl groups excluding tert-OH is 1. The molecule has 1 amide bonds. The standard InChI is InChI=1S/C15H22N2O2/c1-10-4-5-11(2)14(8-10)17-7-6-12(3)16-13(9-18)15(17)19/h4-5,8,12-13,16,18H,6-7,9H2,1-3H3. The quantitative estimate of drug-likeness (QED) is 0.846. The second-order valence-corrected chi connectivity index (χ2v) is 5.37. The number of hydrogen-bond donors (Lipinski definition) is 2. The Kier molecular flexibility index (Phi) is 4.22. The van der Waals surface area contributed by atoms with Gasteiger partial charge in [-0.2, -0.15) is 0 Å². The van der Waals surface area contributed by atoms with Gasteiger partial charge in [-0.05, 0) is 44.4 Å². The van der Waals surface area contributed by atoms with Gasteiger partial charge in [0.2, 0.25) is 5.91 Å². The Morgan fingerprint density at radius 2 is 2.16 bits per heavy atom. The Morgan fingerprint density at radius 1 is 1.42 bits per heavy atom. The summed E-state index contributed by atoms with van der Waals surface area (Å²) in [5, 5.41) is 12.6. The number of carbonyl (C=O) groups is 1. The molecule has 4 nitrogen and oxygen atoms in total. The fourth-order valence-electron chi connectivity index (χ4n) is 2.50. The molecule has 0 spiro atoms. The number of hydrogen-bond acceptors (Lipinski definition) is 3. The Balaban J connectivity index is 2.36. The van der Waals surface area contributed by atoms with E-state index < -0.39 is 6.04 Å². The monoisotopic (exact) mass is 262 g/mol. The van der Waals surface area contributed by atoms with Crippen LogP contribution in [0.4, 0.5) is 5.69 Å². The van der Waals surface area contributed by atoms with E-state index >= 15 is 0 Å². The molecule has 1 heterocycles. The first-order valence-electron chi connectivity index (χ1n) is 6.78. The fraction of sp³-hybridized carbons (Fsp3) is 0.533. The first-order valence-corrected chi connectivity index (χ1v) is 6.78. The van der Waals surface area contributed by atoms with Gasteiger partial charge in [0.25, 0.3) is 0 Å².